The van der Waals surface area contributed by atoms with Gasteiger partial charge in [-0.3, -0.25) is 4.99 Å². The molecule has 0 radical (unpaired) electrons. The predicted molar refractivity (Wildman–Crippen MR) is 52.0 cm³/mol. The topological polar surface area (TPSA) is 12.4 Å². The van der Waals surface area contributed by atoms with E-state index < -0.39 is 0 Å². The van der Waals surface area contributed by atoms with Crippen molar-refractivity contribution in [2.45, 2.75) is 33.1 Å². The molecule has 62 valence electrons. The fourth-order valence-corrected chi connectivity index (χ4v) is 0.613. The van der Waals surface area contributed by atoms with Crippen LogP contribution < -0.4 is 0 Å². The molecule has 0 aliphatic heterocycles. The average Bonchev–Trinajstić information content (AvgIpc) is 1.96. The molecule has 0 unspecified atom stereocenters. The number of hydrogen-bond acceptors (Lipinski definition) is 1. The number of allylic oxidation sites excluding steroid dienone is 2. The molecule has 0 aromatic rings. The van der Waals surface area contributed by atoms with Crippen LogP contribution in [0, 0.1) is 0 Å². The van der Waals surface area contributed by atoms with E-state index in [9.17, 15) is 0 Å². The quantitative estimate of drug-likeness (QED) is 0.422. The first-order chi connectivity index (χ1) is 5.27. The molecule has 0 saturated heterocycles. The number of hydrogen-bond donors (Lipinski definition) is 0. The fourth-order valence-electron chi connectivity index (χ4n) is 0.613. The second-order valence-corrected chi connectivity index (χ2v) is 2.62. The van der Waals surface area contributed by atoms with Gasteiger partial charge >= 0.3 is 0 Å². The highest BCUT2D eigenvalue weighted by molar-refractivity contribution is 5.58. The number of rotatable bonds is 5. The van der Waals surface area contributed by atoms with E-state index >= 15 is 0 Å². The molecule has 0 aliphatic carbocycles. The average molecular weight is 151 g/mol. The van der Waals surface area contributed by atoms with Crippen molar-refractivity contribution in [1.82, 2.24) is 0 Å². The molecule has 0 aliphatic rings. The molecule has 0 saturated carbocycles. The van der Waals surface area contributed by atoms with E-state index in [4.69, 9.17) is 0 Å². The Morgan fingerprint density at radius 2 is 2.27 bits per heavy atom. The summed E-state index contributed by atoms with van der Waals surface area (Å²) in [7, 11) is 0. The van der Waals surface area contributed by atoms with Gasteiger partial charge in [-0.25, -0.2) is 0 Å². The molecule has 0 bridgehead atoms. The molecular formula is C10H17N. The maximum absolute atomic E-state index is 4.09. The molecule has 0 rings (SSSR count). The molecule has 0 fully saturated rings. The van der Waals surface area contributed by atoms with Gasteiger partial charge in [-0.05, 0) is 26.2 Å². The lowest BCUT2D eigenvalue weighted by atomic mass is 10.2. The van der Waals surface area contributed by atoms with Crippen molar-refractivity contribution in [2.75, 3.05) is 0 Å². The highest BCUT2D eigenvalue weighted by atomic mass is 14.7. The summed E-state index contributed by atoms with van der Waals surface area (Å²) >= 11 is 0. The summed E-state index contributed by atoms with van der Waals surface area (Å²) in [5.41, 5.74) is 1.22. The van der Waals surface area contributed by atoms with Gasteiger partial charge in [0.25, 0.3) is 0 Å². The molecule has 0 aromatic heterocycles. The van der Waals surface area contributed by atoms with Crippen molar-refractivity contribution in [3.8, 4) is 0 Å². The van der Waals surface area contributed by atoms with Gasteiger partial charge in [-0.15, -0.1) is 6.58 Å². The number of nitrogens with zero attached hydrogens (tertiary/aromatic N) is 1. The van der Waals surface area contributed by atoms with Gasteiger partial charge in [0.15, 0.2) is 0 Å². The third-order valence-corrected chi connectivity index (χ3v) is 1.23. The highest BCUT2D eigenvalue weighted by Gasteiger charge is 1.81. The van der Waals surface area contributed by atoms with Gasteiger partial charge < -0.3 is 0 Å². The van der Waals surface area contributed by atoms with Crippen molar-refractivity contribution >= 4 is 6.21 Å². The highest BCUT2D eigenvalue weighted by Crippen LogP contribution is 1.97. The summed E-state index contributed by atoms with van der Waals surface area (Å²) in [4.78, 5) is 4.09. The van der Waals surface area contributed by atoms with Crippen LogP contribution >= 0.6 is 0 Å². The van der Waals surface area contributed by atoms with Crippen molar-refractivity contribution in [1.29, 1.82) is 0 Å². The summed E-state index contributed by atoms with van der Waals surface area (Å²) in [6, 6.07) is 0. The molecule has 1 nitrogen and oxygen atoms in total. The first-order valence-electron chi connectivity index (χ1n) is 4.08. The summed E-state index contributed by atoms with van der Waals surface area (Å²) < 4.78 is 0. The molecule has 0 heterocycles. The standard InChI is InChI=1S/C10H17N/c1-4-5-8-11-9-6-7-10(2)3/h5,8-9H,2,4,6-7H2,1,3H3/b8-5-,11-9-. The van der Waals surface area contributed by atoms with Crippen LogP contribution in [-0.4, -0.2) is 6.21 Å². The second-order valence-electron chi connectivity index (χ2n) is 2.62. The number of aliphatic imine (C=N–C) groups is 1. The molecule has 0 amide bonds. The lowest BCUT2D eigenvalue weighted by molar-refractivity contribution is 1.03. The Balaban J connectivity index is 3.30. The zero-order valence-corrected chi connectivity index (χ0v) is 7.51. The van der Waals surface area contributed by atoms with E-state index in [2.05, 4.69) is 18.5 Å². The van der Waals surface area contributed by atoms with Crippen molar-refractivity contribution < 1.29 is 0 Å². The minimum atomic E-state index is 1.00. The minimum absolute atomic E-state index is 1.00. The van der Waals surface area contributed by atoms with Crippen LogP contribution in [0.25, 0.3) is 0 Å². The van der Waals surface area contributed by atoms with Crippen LogP contribution in [0.3, 0.4) is 0 Å². The molecular weight excluding hydrogens is 134 g/mol. The van der Waals surface area contributed by atoms with Crippen molar-refractivity contribution in [2.24, 2.45) is 4.99 Å². The normalized spacial score (nSPS) is 11.5. The molecule has 0 aromatic carbocycles. The Morgan fingerprint density at radius 1 is 1.55 bits per heavy atom. The molecule has 0 spiro atoms. The van der Waals surface area contributed by atoms with E-state index in [0.717, 1.165) is 19.3 Å². The van der Waals surface area contributed by atoms with Gasteiger partial charge in [-0.1, -0.05) is 18.6 Å². The van der Waals surface area contributed by atoms with Crippen LogP contribution in [-0.2, 0) is 0 Å². The van der Waals surface area contributed by atoms with Crippen LogP contribution in [0.5, 0.6) is 0 Å². The van der Waals surface area contributed by atoms with Crippen molar-refractivity contribution in [3.63, 3.8) is 0 Å². The second kappa shape index (κ2) is 7.26. The summed E-state index contributed by atoms with van der Waals surface area (Å²) in [5, 5.41) is 0. The predicted octanol–water partition coefficient (Wildman–Crippen LogP) is 3.34. The zero-order valence-electron chi connectivity index (χ0n) is 7.51. The van der Waals surface area contributed by atoms with E-state index in [1.54, 1.807) is 0 Å². The maximum Gasteiger partial charge on any atom is 0.0223 e. The van der Waals surface area contributed by atoms with Gasteiger partial charge in [0.1, 0.15) is 0 Å². The molecule has 11 heavy (non-hydrogen) atoms. The Hall–Kier alpha value is -0.850. The fraction of sp³-hybridized carbons (Fsp3) is 0.500. The first kappa shape index (κ1) is 10.2. The molecule has 0 N–H and O–H groups in total. The van der Waals surface area contributed by atoms with E-state index in [-0.39, 0.29) is 0 Å². The Labute approximate surface area is 69.5 Å². The lowest BCUT2D eigenvalue weighted by Gasteiger charge is -1.90. The summed E-state index contributed by atoms with van der Waals surface area (Å²) in [6.45, 7) is 7.94. The van der Waals surface area contributed by atoms with Gasteiger partial charge in [-0.2, -0.15) is 0 Å². The first-order valence-corrected chi connectivity index (χ1v) is 4.08. The van der Waals surface area contributed by atoms with Crippen molar-refractivity contribution in [3.05, 3.63) is 24.4 Å². The minimum Gasteiger partial charge on any atom is -0.269 e. The summed E-state index contributed by atoms with van der Waals surface area (Å²) in [5.74, 6) is 0. The van der Waals surface area contributed by atoms with E-state index in [1.807, 2.05) is 25.4 Å². The van der Waals surface area contributed by atoms with Crippen LogP contribution in [0.2, 0.25) is 0 Å². The van der Waals surface area contributed by atoms with Crippen LogP contribution in [0.15, 0.2) is 29.4 Å². The van der Waals surface area contributed by atoms with Gasteiger partial charge in [0.2, 0.25) is 0 Å². The Bertz CT molecular complexity index is 154. The molecule has 1 heteroatoms. The lowest BCUT2D eigenvalue weighted by Crippen LogP contribution is -1.76. The van der Waals surface area contributed by atoms with E-state index in [0.29, 0.717) is 0 Å². The SMILES string of the molecule is C=C(C)CC/C=N\C=C/CC. The summed E-state index contributed by atoms with van der Waals surface area (Å²) in [6.07, 6.45) is 8.92. The van der Waals surface area contributed by atoms with Gasteiger partial charge in [0, 0.05) is 12.4 Å². The van der Waals surface area contributed by atoms with Crippen LogP contribution in [0.4, 0.5) is 0 Å². The van der Waals surface area contributed by atoms with Crippen LogP contribution in [0.1, 0.15) is 33.1 Å². The van der Waals surface area contributed by atoms with Gasteiger partial charge in [0.05, 0.1) is 0 Å². The Kier molecular flexibility index (Phi) is 6.70. The largest absolute Gasteiger partial charge is 0.269 e. The zero-order chi connectivity index (χ0) is 8.53. The third-order valence-electron chi connectivity index (χ3n) is 1.23. The monoisotopic (exact) mass is 151 g/mol. The third kappa shape index (κ3) is 9.15. The maximum atomic E-state index is 4.09. The smallest absolute Gasteiger partial charge is 0.0223 e. The Morgan fingerprint density at radius 3 is 2.82 bits per heavy atom. The molecule has 0 atom stereocenters. The van der Waals surface area contributed by atoms with E-state index in [1.165, 1.54) is 5.57 Å².